The number of hydrogen-bond acceptors (Lipinski definition) is 3. The summed E-state index contributed by atoms with van der Waals surface area (Å²) in [7, 11) is 1.66. The average molecular weight is 290 g/mol. The third-order valence-electron chi connectivity index (χ3n) is 4.29. The molecule has 1 aromatic carbocycles. The summed E-state index contributed by atoms with van der Waals surface area (Å²) in [6.45, 7) is 5.14. The summed E-state index contributed by atoms with van der Waals surface area (Å²) in [5.74, 6) is 1.31. The van der Waals surface area contributed by atoms with Gasteiger partial charge in [0.05, 0.1) is 19.2 Å². The van der Waals surface area contributed by atoms with Gasteiger partial charge in [-0.25, -0.2) is 0 Å². The second-order valence-electron chi connectivity index (χ2n) is 5.76. The molecule has 1 aliphatic heterocycles. The van der Waals surface area contributed by atoms with Gasteiger partial charge < -0.3 is 15.4 Å². The number of rotatable bonds is 5. The highest BCUT2D eigenvalue weighted by Gasteiger charge is 2.29. The fourth-order valence-corrected chi connectivity index (χ4v) is 3.02. The molecule has 1 amide bonds. The van der Waals surface area contributed by atoms with E-state index in [1.54, 1.807) is 7.11 Å². The third-order valence-corrected chi connectivity index (χ3v) is 4.29. The van der Waals surface area contributed by atoms with E-state index in [9.17, 15) is 4.79 Å². The number of carbonyl (C=O) groups is 1. The van der Waals surface area contributed by atoms with Crippen LogP contribution in [0.4, 0.5) is 0 Å². The van der Waals surface area contributed by atoms with Crippen LogP contribution in [0.25, 0.3) is 0 Å². The van der Waals surface area contributed by atoms with Crippen LogP contribution in [0.3, 0.4) is 0 Å². The van der Waals surface area contributed by atoms with Crippen LogP contribution in [0.1, 0.15) is 44.7 Å². The number of methoxy groups -OCH3 is 1. The van der Waals surface area contributed by atoms with Crippen LogP contribution in [0, 0.1) is 5.92 Å². The molecule has 1 saturated heterocycles. The number of benzene rings is 1. The molecule has 1 heterocycles. The summed E-state index contributed by atoms with van der Waals surface area (Å²) in [5, 5.41) is 6.51. The summed E-state index contributed by atoms with van der Waals surface area (Å²) >= 11 is 0. The molecule has 2 rings (SSSR count). The predicted molar refractivity (Wildman–Crippen MR) is 84.4 cm³/mol. The number of carbonyl (C=O) groups excluding carboxylic acids is 1. The maximum atomic E-state index is 12.5. The smallest absolute Gasteiger partial charge is 0.237 e. The molecule has 1 fully saturated rings. The van der Waals surface area contributed by atoms with Crippen LogP contribution in [0.2, 0.25) is 0 Å². The molecule has 0 bridgehead atoms. The first-order valence-electron chi connectivity index (χ1n) is 7.84. The Bertz CT molecular complexity index is 476. The Balaban J connectivity index is 2.09. The zero-order chi connectivity index (χ0) is 15.2. The van der Waals surface area contributed by atoms with Crippen molar-refractivity contribution in [2.24, 2.45) is 5.92 Å². The van der Waals surface area contributed by atoms with E-state index in [-0.39, 0.29) is 18.0 Å². The van der Waals surface area contributed by atoms with Crippen molar-refractivity contribution in [2.45, 2.75) is 45.2 Å². The Labute approximate surface area is 127 Å². The Hall–Kier alpha value is -1.55. The maximum absolute atomic E-state index is 12.5. The van der Waals surface area contributed by atoms with Crippen molar-refractivity contribution < 1.29 is 9.53 Å². The van der Waals surface area contributed by atoms with Crippen LogP contribution in [-0.2, 0) is 4.79 Å². The zero-order valence-electron chi connectivity index (χ0n) is 13.2. The predicted octanol–water partition coefficient (Wildman–Crippen LogP) is 2.65. The summed E-state index contributed by atoms with van der Waals surface area (Å²) < 4.78 is 5.41. The average Bonchev–Trinajstić information content (AvgIpc) is 2.52. The van der Waals surface area contributed by atoms with Gasteiger partial charge in [0.1, 0.15) is 5.75 Å². The molecule has 4 heteroatoms. The zero-order valence-corrected chi connectivity index (χ0v) is 13.2. The summed E-state index contributed by atoms with van der Waals surface area (Å²) in [6, 6.07) is 7.79. The molecule has 21 heavy (non-hydrogen) atoms. The molecular formula is C17H26N2O2. The first-order valence-corrected chi connectivity index (χ1v) is 7.84. The second kappa shape index (κ2) is 7.46. The Kier molecular flexibility index (Phi) is 5.62. The van der Waals surface area contributed by atoms with Crippen molar-refractivity contribution in [3.05, 3.63) is 29.8 Å². The largest absolute Gasteiger partial charge is 0.496 e. The van der Waals surface area contributed by atoms with E-state index in [1.165, 1.54) is 0 Å². The molecule has 1 aliphatic rings. The number of piperidine rings is 1. The number of ether oxygens (including phenoxy) is 1. The minimum Gasteiger partial charge on any atom is -0.496 e. The normalized spacial score (nSPS) is 23.4. The lowest BCUT2D eigenvalue weighted by Crippen LogP contribution is -2.51. The fraction of sp³-hybridized carbons (Fsp3) is 0.588. The highest BCUT2D eigenvalue weighted by Crippen LogP contribution is 2.27. The lowest BCUT2D eigenvalue weighted by molar-refractivity contribution is -0.125. The minimum atomic E-state index is -0.0810. The summed E-state index contributed by atoms with van der Waals surface area (Å²) in [4.78, 5) is 12.5. The molecule has 3 unspecified atom stereocenters. The third kappa shape index (κ3) is 3.76. The molecule has 0 aliphatic carbocycles. The van der Waals surface area contributed by atoms with Crippen molar-refractivity contribution >= 4 is 5.91 Å². The first kappa shape index (κ1) is 15.8. The van der Waals surface area contributed by atoms with Crippen LogP contribution in [0.5, 0.6) is 5.75 Å². The molecule has 0 saturated carbocycles. The quantitative estimate of drug-likeness (QED) is 0.876. The topological polar surface area (TPSA) is 50.4 Å². The summed E-state index contributed by atoms with van der Waals surface area (Å²) in [6.07, 6.45) is 3.10. The van der Waals surface area contributed by atoms with Gasteiger partial charge >= 0.3 is 0 Å². The van der Waals surface area contributed by atoms with Crippen LogP contribution < -0.4 is 15.4 Å². The Morgan fingerprint density at radius 3 is 2.90 bits per heavy atom. The van der Waals surface area contributed by atoms with Gasteiger partial charge in [-0.05, 0) is 37.8 Å². The molecule has 4 nitrogen and oxygen atoms in total. The van der Waals surface area contributed by atoms with Crippen molar-refractivity contribution in [1.29, 1.82) is 0 Å². The van der Waals surface area contributed by atoms with E-state index in [1.807, 2.05) is 24.3 Å². The molecule has 3 atom stereocenters. The van der Waals surface area contributed by atoms with Gasteiger partial charge in [0.25, 0.3) is 0 Å². The van der Waals surface area contributed by atoms with Gasteiger partial charge in [0.2, 0.25) is 5.91 Å². The Morgan fingerprint density at radius 2 is 2.24 bits per heavy atom. The SMILES string of the molecule is CCC(NC(=O)C1NCCCC1C)c1ccccc1OC. The molecule has 1 aromatic rings. The van der Waals surface area contributed by atoms with Crippen molar-refractivity contribution in [3.63, 3.8) is 0 Å². The van der Waals surface area contributed by atoms with E-state index < -0.39 is 0 Å². The van der Waals surface area contributed by atoms with Gasteiger partial charge in [-0.1, -0.05) is 32.0 Å². The van der Waals surface area contributed by atoms with Gasteiger partial charge in [-0.3, -0.25) is 4.79 Å². The van der Waals surface area contributed by atoms with Crippen molar-refractivity contribution in [3.8, 4) is 5.75 Å². The molecular weight excluding hydrogens is 264 g/mol. The number of hydrogen-bond donors (Lipinski definition) is 2. The first-order chi connectivity index (χ1) is 10.2. The van der Waals surface area contributed by atoms with Crippen LogP contribution in [-0.4, -0.2) is 25.6 Å². The minimum absolute atomic E-state index is 0.00965. The van der Waals surface area contributed by atoms with Crippen molar-refractivity contribution in [2.75, 3.05) is 13.7 Å². The van der Waals surface area contributed by atoms with Gasteiger partial charge in [-0.15, -0.1) is 0 Å². The number of para-hydroxylation sites is 1. The highest BCUT2D eigenvalue weighted by molar-refractivity contribution is 5.82. The highest BCUT2D eigenvalue weighted by atomic mass is 16.5. The van der Waals surface area contributed by atoms with E-state index in [4.69, 9.17) is 4.74 Å². The number of nitrogens with one attached hydrogen (secondary N) is 2. The number of amides is 1. The molecule has 0 aromatic heterocycles. The molecule has 0 radical (unpaired) electrons. The van der Waals surface area contributed by atoms with Gasteiger partial charge in [0.15, 0.2) is 0 Å². The lowest BCUT2D eigenvalue weighted by Gasteiger charge is -2.31. The van der Waals surface area contributed by atoms with Gasteiger partial charge in [-0.2, -0.15) is 0 Å². The summed E-state index contributed by atoms with van der Waals surface area (Å²) in [5.41, 5.74) is 1.04. The van der Waals surface area contributed by atoms with E-state index in [0.717, 1.165) is 37.1 Å². The second-order valence-corrected chi connectivity index (χ2v) is 5.76. The monoisotopic (exact) mass is 290 g/mol. The van der Waals surface area contributed by atoms with Gasteiger partial charge in [0, 0.05) is 5.56 Å². The van der Waals surface area contributed by atoms with E-state index in [0.29, 0.717) is 5.92 Å². The molecule has 0 spiro atoms. The maximum Gasteiger partial charge on any atom is 0.237 e. The van der Waals surface area contributed by atoms with Crippen LogP contribution >= 0.6 is 0 Å². The van der Waals surface area contributed by atoms with Crippen molar-refractivity contribution in [1.82, 2.24) is 10.6 Å². The molecule has 2 N–H and O–H groups in total. The van der Waals surface area contributed by atoms with E-state index in [2.05, 4.69) is 24.5 Å². The standard InChI is InChI=1S/C17H26N2O2/c1-4-14(13-9-5-6-10-15(13)21-3)19-17(20)16-12(2)8-7-11-18-16/h5-6,9-10,12,14,16,18H,4,7-8,11H2,1-3H3,(H,19,20). The van der Waals surface area contributed by atoms with Crippen LogP contribution in [0.15, 0.2) is 24.3 Å². The van der Waals surface area contributed by atoms with E-state index >= 15 is 0 Å². The molecule has 116 valence electrons. The lowest BCUT2D eigenvalue weighted by atomic mass is 9.91. The Morgan fingerprint density at radius 1 is 1.48 bits per heavy atom. The fourth-order valence-electron chi connectivity index (χ4n) is 3.02.